The molecule has 2 heterocycles. The summed E-state index contributed by atoms with van der Waals surface area (Å²) in [5, 5.41) is 2.90. The van der Waals surface area contributed by atoms with E-state index in [-0.39, 0.29) is 11.8 Å². The summed E-state index contributed by atoms with van der Waals surface area (Å²) in [5.41, 5.74) is 2.65. The predicted octanol–water partition coefficient (Wildman–Crippen LogP) is 3.16. The number of rotatable bonds is 6. The van der Waals surface area contributed by atoms with E-state index < -0.39 is 6.04 Å². The van der Waals surface area contributed by atoms with Gasteiger partial charge in [0.25, 0.3) is 5.91 Å². The number of carbonyl (C=O) groups is 2. The molecule has 1 aliphatic heterocycles. The lowest BCUT2D eigenvalue weighted by Gasteiger charge is -2.27. The molecule has 0 saturated heterocycles. The standard InChI is InChI=1S/C22H20N2O3/c25-21(23-14-18-10-6-12-27-18)20(13-16-7-2-1-3-8-16)24-15-17-9-4-5-11-19(17)22(24)26/h1-12,20H,13-15H2,(H,23,25). The summed E-state index contributed by atoms with van der Waals surface area (Å²) in [7, 11) is 0. The minimum Gasteiger partial charge on any atom is -0.467 e. The molecule has 0 spiro atoms. The minimum absolute atomic E-state index is 0.0975. The van der Waals surface area contributed by atoms with Crippen molar-refractivity contribution in [2.45, 2.75) is 25.6 Å². The maximum absolute atomic E-state index is 13.0. The number of carbonyl (C=O) groups excluding carboxylic acids is 2. The number of nitrogens with zero attached hydrogens (tertiary/aromatic N) is 1. The smallest absolute Gasteiger partial charge is 0.255 e. The van der Waals surface area contributed by atoms with Crippen molar-refractivity contribution in [1.82, 2.24) is 10.2 Å². The molecule has 1 N–H and O–H groups in total. The molecule has 3 aromatic rings. The van der Waals surface area contributed by atoms with Crippen LogP contribution in [0.15, 0.2) is 77.4 Å². The average molecular weight is 360 g/mol. The van der Waals surface area contributed by atoms with E-state index >= 15 is 0 Å². The number of fused-ring (bicyclic) bond motifs is 1. The van der Waals surface area contributed by atoms with Crippen molar-refractivity contribution in [2.75, 3.05) is 0 Å². The maximum Gasteiger partial charge on any atom is 0.255 e. The molecule has 27 heavy (non-hydrogen) atoms. The van der Waals surface area contributed by atoms with Crippen LogP contribution in [0.4, 0.5) is 0 Å². The molecule has 2 aromatic carbocycles. The van der Waals surface area contributed by atoms with Gasteiger partial charge < -0.3 is 14.6 Å². The Kier molecular flexibility index (Phi) is 4.75. The molecule has 136 valence electrons. The van der Waals surface area contributed by atoms with Crippen molar-refractivity contribution in [3.63, 3.8) is 0 Å². The third-order valence-corrected chi connectivity index (χ3v) is 4.82. The number of amides is 2. The van der Waals surface area contributed by atoms with E-state index in [1.165, 1.54) is 0 Å². The molecule has 1 aromatic heterocycles. The fourth-order valence-corrected chi connectivity index (χ4v) is 3.42. The molecule has 5 heteroatoms. The monoisotopic (exact) mass is 360 g/mol. The van der Waals surface area contributed by atoms with Crippen LogP contribution in [0, 0.1) is 0 Å². The zero-order valence-corrected chi connectivity index (χ0v) is 14.8. The van der Waals surface area contributed by atoms with Crippen molar-refractivity contribution in [3.05, 3.63) is 95.4 Å². The van der Waals surface area contributed by atoms with Crippen molar-refractivity contribution in [2.24, 2.45) is 0 Å². The molecule has 1 unspecified atom stereocenters. The summed E-state index contributed by atoms with van der Waals surface area (Å²) in [6, 6.07) is 20.3. The highest BCUT2D eigenvalue weighted by molar-refractivity contribution is 6.01. The molecular formula is C22H20N2O3. The van der Waals surface area contributed by atoms with Crippen LogP contribution in [-0.2, 0) is 24.3 Å². The summed E-state index contributed by atoms with van der Waals surface area (Å²) < 4.78 is 5.28. The largest absolute Gasteiger partial charge is 0.467 e. The quantitative estimate of drug-likeness (QED) is 0.734. The first-order valence-corrected chi connectivity index (χ1v) is 8.95. The van der Waals surface area contributed by atoms with Crippen molar-refractivity contribution >= 4 is 11.8 Å². The first-order chi connectivity index (χ1) is 13.2. The highest BCUT2D eigenvalue weighted by Crippen LogP contribution is 2.26. The number of furan rings is 1. The second-order valence-corrected chi connectivity index (χ2v) is 6.59. The van der Waals surface area contributed by atoms with Gasteiger partial charge in [0.1, 0.15) is 11.8 Å². The van der Waals surface area contributed by atoms with E-state index in [0.29, 0.717) is 30.8 Å². The SMILES string of the molecule is O=C(NCc1ccco1)C(Cc1ccccc1)N1Cc2ccccc2C1=O. The lowest BCUT2D eigenvalue weighted by molar-refractivity contribution is -0.126. The van der Waals surface area contributed by atoms with Crippen LogP contribution < -0.4 is 5.32 Å². The molecule has 1 aliphatic rings. The number of hydrogen-bond acceptors (Lipinski definition) is 3. The Morgan fingerprint density at radius 1 is 1.04 bits per heavy atom. The Morgan fingerprint density at radius 3 is 2.56 bits per heavy atom. The fraction of sp³-hybridized carbons (Fsp3) is 0.182. The Morgan fingerprint density at radius 2 is 1.81 bits per heavy atom. The molecule has 0 fully saturated rings. The summed E-state index contributed by atoms with van der Waals surface area (Å²) in [5.74, 6) is 0.397. The highest BCUT2D eigenvalue weighted by Gasteiger charge is 2.36. The van der Waals surface area contributed by atoms with E-state index in [9.17, 15) is 9.59 Å². The summed E-state index contributed by atoms with van der Waals surface area (Å²) in [6.07, 6.45) is 2.04. The van der Waals surface area contributed by atoms with Gasteiger partial charge in [0.15, 0.2) is 0 Å². The second-order valence-electron chi connectivity index (χ2n) is 6.59. The second kappa shape index (κ2) is 7.50. The van der Waals surface area contributed by atoms with E-state index in [2.05, 4.69) is 5.32 Å². The maximum atomic E-state index is 13.0. The summed E-state index contributed by atoms with van der Waals surface area (Å²) in [4.78, 5) is 27.5. The average Bonchev–Trinajstić information content (AvgIpc) is 3.33. The molecule has 0 aliphatic carbocycles. The van der Waals surface area contributed by atoms with Crippen LogP contribution in [0.5, 0.6) is 0 Å². The molecule has 1 atom stereocenters. The van der Waals surface area contributed by atoms with Gasteiger partial charge in [-0.2, -0.15) is 0 Å². The van der Waals surface area contributed by atoms with Gasteiger partial charge in [-0.1, -0.05) is 48.5 Å². The van der Waals surface area contributed by atoms with Gasteiger partial charge in [0.2, 0.25) is 5.91 Å². The van der Waals surface area contributed by atoms with E-state index in [1.54, 1.807) is 17.2 Å². The third kappa shape index (κ3) is 3.62. The normalized spacial score (nSPS) is 14.1. The summed E-state index contributed by atoms with van der Waals surface area (Å²) in [6.45, 7) is 0.743. The lowest BCUT2D eigenvalue weighted by Crippen LogP contribution is -2.48. The number of benzene rings is 2. The molecule has 4 rings (SSSR count). The molecular weight excluding hydrogens is 340 g/mol. The topological polar surface area (TPSA) is 62.6 Å². The van der Waals surface area contributed by atoms with Crippen LogP contribution in [-0.4, -0.2) is 22.8 Å². The van der Waals surface area contributed by atoms with Crippen molar-refractivity contribution in [3.8, 4) is 0 Å². The number of nitrogens with one attached hydrogen (secondary N) is 1. The molecule has 5 nitrogen and oxygen atoms in total. The Hall–Kier alpha value is -3.34. The summed E-state index contributed by atoms with van der Waals surface area (Å²) >= 11 is 0. The number of hydrogen-bond donors (Lipinski definition) is 1. The minimum atomic E-state index is -0.581. The van der Waals surface area contributed by atoms with Gasteiger partial charge in [-0.25, -0.2) is 0 Å². The van der Waals surface area contributed by atoms with E-state index in [0.717, 1.165) is 11.1 Å². The Balaban J connectivity index is 1.56. The first kappa shape index (κ1) is 17.1. The molecule has 0 radical (unpaired) electrons. The Labute approximate surface area is 157 Å². The highest BCUT2D eigenvalue weighted by atomic mass is 16.3. The lowest BCUT2D eigenvalue weighted by atomic mass is 10.0. The zero-order chi connectivity index (χ0) is 18.6. The van der Waals surface area contributed by atoms with Crippen molar-refractivity contribution in [1.29, 1.82) is 0 Å². The fourth-order valence-electron chi connectivity index (χ4n) is 3.42. The van der Waals surface area contributed by atoms with Gasteiger partial charge in [-0.15, -0.1) is 0 Å². The van der Waals surface area contributed by atoms with Gasteiger partial charge in [0.05, 0.1) is 12.8 Å². The van der Waals surface area contributed by atoms with Crippen LogP contribution in [0.2, 0.25) is 0 Å². The molecule has 0 saturated carbocycles. The van der Waals surface area contributed by atoms with Gasteiger partial charge in [-0.3, -0.25) is 9.59 Å². The zero-order valence-electron chi connectivity index (χ0n) is 14.8. The first-order valence-electron chi connectivity index (χ1n) is 8.95. The van der Waals surface area contributed by atoms with Crippen LogP contribution >= 0.6 is 0 Å². The van der Waals surface area contributed by atoms with Gasteiger partial charge >= 0.3 is 0 Å². The van der Waals surface area contributed by atoms with E-state index in [1.807, 2.05) is 60.7 Å². The molecule has 0 bridgehead atoms. The van der Waals surface area contributed by atoms with E-state index in [4.69, 9.17) is 4.42 Å². The van der Waals surface area contributed by atoms with Gasteiger partial charge in [-0.05, 0) is 29.3 Å². The molecule has 2 amide bonds. The van der Waals surface area contributed by atoms with Crippen LogP contribution in [0.25, 0.3) is 0 Å². The van der Waals surface area contributed by atoms with Crippen LogP contribution in [0.3, 0.4) is 0 Å². The van der Waals surface area contributed by atoms with Crippen LogP contribution in [0.1, 0.15) is 27.2 Å². The predicted molar refractivity (Wildman–Crippen MR) is 101 cm³/mol. The third-order valence-electron chi connectivity index (χ3n) is 4.82. The Bertz CT molecular complexity index is 935. The van der Waals surface area contributed by atoms with Gasteiger partial charge in [0, 0.05) is 18.5 Å². The van der Waals surface area contributed by atoms with Crippen molar-refractivity contribution < 1.29 is 14.0 Å².